The van der Waals surface area contributed by atoms with Crippen molar-refractivity contribution in [2.75, 3.05) is 26.2 Å². The maximum Gasteiger partial charge on any atom is 0.415 e. The summed E-state index contributed by atoms with van der Waals surface area (Å²) in [5, 5.41) is 0.611. The normalized spacial score (nSPS) is 15.2. The SMILES string of the molecule is CC(Oc1ccc(Cl)cc1)C(=O)N1CCN(C(=O)Oc2ccccc2)CC1. The maximum atomic E-state index is 12.6. The van der Waals surface area contributed by atoms with Gasteiger partial charge in [-0.2, -0.15) is 0 Å². The Morgan fingerprint density at radius 3 is 2.11 bits per heavy atom. The van der Waals surface area contributed by atoms with E-state index in [1.54, 1.807) is 65.3 Å². The van der Waals surface area contributed by atoms with Crippen LogP contribution < -0.4 is 9.47 Å². The summed E-state index contributed by atoms with van der Waals surface area (Å²) in [6.45, 7) is 3.44. The van der Waals surface area contributed by atoms with Crippen LogP contribution in [0.4, 0.5) is 4.79 Å². The molecule has 1 aliphatic rings. The summed E-state index contributed by atoms with van der Waals surface area (Å²) in [5.74, 6) is 0.984. The number of benzene rings is 2. The van der Waals surface area contributed by atoms with E-state index in [2.05, 4.69) is 0 Å². The lowest BCUT2D eigenvalue weighted by atomic mass is 10.2. The Morgan fingerprint density at radius 1 is 0.889 bits per heavy atom. The zero-order valence-electron chi connectivity index (χ0n) is 15.0. The minimum absolute atomic E-state index is 0.110. The monoisotopic (exact) mass is 388 g/mol. The molecule has 0 aliphatic carbocycles. The highest BCUT2D eigenvalue weighted by Gasteiger charge is 2.28. The molecule has 1 unspecified atom stereocenters. The molecule has 0 saturated carbocycles. The average Bonchev–Trinajstić information content (AvgIpc) is 2.70. The molecular weight excluding hydrogens is 368 g/mol. The van der Waals surface area contributed by atoms with Crippen molar-refractivity contribution in [3.8, 4) is 11.5 Å². The number of hydrogen-bond acceptors (Lipinski definition) is 4. The number of piperazine rings is 1. The third-order valence-electron chi connectivity index (χ3n) is 4.27. The van der Waals surface area contributed by atoms with Crippen molar-refractivity contribution < 1.29 is 19.1 Å². The molecule has 0 spiro atoms. The molecule has 0 radical (unpaired) electrons. The van der Waals surface area contributed by atoms with E-state index < -0.39 is 12.2 Å². The molecular formula is C20H21ClN2O4. The largest absolute Gasteiger partial charge is 0.481 e. The van der Waals surface area contributed by atoms with Crippen molar-refractivity contribution in [3.05, 3.63) is 59.6 Å². The van der Waals surface area contributed by atoms with Gasteiger partial charge in [-0.25, -0.2) is 4.79 Å². The zero-order chi connectivity index (χ0) is 19.2. The van der Waals surface area contributed by atoms with E-state index in [-0.39, 0.29) is 5.91 Å². The summed E-state index contributed by atoms with van der Waals surface area (Å²) in [6, 6.07) is 15.8. The molecule has 6 nitrogen and oxygen atoms in total. The molecule has 2 aromatic rings. The van der Waals surface area contributed by atoms with Gasteiger partial charge in [0.15, 0.2) is 6.10 Å². The lowest BCUT2D eigenvalue weighted by Gasteiger charge is -2.35. The topological polar surface area (TPSA) is 59.1 Å². The van der Waals surface area contributed by atoms with Gasteiger partial charge in [0.25, 0.3) is 5.91 Å². The second kappa shape index (κ2) is 8.77. The van der Waals surface area contributed by atoms with Crippen LogP contribution in [-0.2, 0) is 4.79 Å². The van der Waals surface area contributed by atoms with Crippen molar-refractivity contribution in [2.24, 2.45) is 0 Å². The Hall–Kier alpha value is -2.73. The van der Waals surface area contributed by atoms with Crippen LogP contribution >= 0.6 is 11.6 Å². The molecule has 1 aliphatic heterocycles. The number of hydrogen-bond donors (Lipinski definition) is 0. The summed E-state index contributed by atoms with van der Waals surface area (Å²) in [4.78, 5) is 28.1. The summed E-state index contributed by atoms with van der Waals surface area (Å²) in [5.41, 5.74) is 0. The quantitative estimate of drug-likeness (QED) is 0.804. The van der Waals surface area contributed by atoms with Gasteiger partial charge in [0.1, 0.15) is 11.5 Å². The second-order valence-corrected chi connectivity index (χ2v) is 6.64. The third kappa shape index (κ3) is 5.14. The molecule has 1 heterocycles. The predicted octanol–water partition coefficient (Wildman–Crippen LogP) is 3.45. The van der Waals surface area contributed by atoms with Crippen LogP contribution in [0.15, 0.2) is 54.6 Å². The van der Waals surface area contributed by atoms with Gasteiger partial charge < -0.3 is 19.3 Å². The summed E-state index contributed by atoms with van der Waals surface area (Å²) >= 11 is 5.85. The molecule has 0 aromatic heterocycles. The van der Waals surface area contributed by atoms with Gasteiger partial charge in [-0.05, 0) is 43.3 Å². The van der Waals surface area contributed by atoms with E-state index in [0.29, 0.717) is 42.7 Å². The van der Waals surface area contributed by atoms with Gasteiger partial charge in [0, 0.05) is 31.2 Å². The first-order valence-corrected chi connectivity index (χ1v) is 9.13. The fourth-order valence-electron chi connectivity index (χ4n) is 2.79. The van der Waals surface area contributed by atoms with Gasteiger partial charge >= 0.3 is 6.09 Å². The number of carbonyl (C=O) groups is 2. The fraction of sp³-hybridized carbons (Fsp3) is 0.300. The fourth-order valence-corrected chi connectivity index (χ4v) is 2.91. The predicted molar refractivity (Wildman–Crippen MR) is 102 cm³/mol. The molecule has 1 fully saturated rings. The van der Waals surface area contributed by atoms with Crippen LogP contribution in [0.1, 0.15) is 6.92 Å². The standard InChI is InChI=1S/C20H21ClN2O4/c1-15(26-18-9-7-16(21)8-10-18)19(24)22-11-13-23(14-12-22)20(25)27-17-5-3-2-4-6-17/h2-10,15H,11-14H2,1H3. The lowest BCUT2D eigenvalue weighted by molar-refractivity contribution is -0.139. The number of rotatable bonds is 4. The van der Waals surface area contributed by atoms with E-state index in [4.69, 9.17) is 21.1 Å². The molecule has 0 bridgehead atoms. The van der Waals surface area contributed by atoms with E-state index in [9.17, 15) is 9.59 Å². The van der Waals surface area contributed by atoms with Gasteiger partial charge in [-0.3, -0.25) is 4.79 Å². The summed E-state index contributed by atoms with van der Waals surface area (Å²) in [7, 11) is 0. The number of para-hydroxylation sites is 1. The van der Waals surface area contributed by atoms with E-state index in [0.717, 1.165) is 0 Å². The number of ether oxygens (including phenoxy) is 2. The van der Waals surface area contributed by atoms with Crippen LogP contribution in [0.5, 0.6) is 11.5 Å². The van der Waals surface area contributed by atoms with Gasteiger partial charge in [0.05, 0.1) is 0 Å². The zero-order valence-corrected chi connectivity index (χ0v) is 15.8. The molecule has 3 rings (SSSR count). The van der Waals surface area contributed by atoms with Crippen LogP contribution in [-0.4, -0.2) is 54.1 Å². The number of amides is 2. The van der Waals surface area contributed by atoms with Crippen molar-refractivity contribution in [1.29, 1.82) is 0 Å². The first kappa shape index (κ1) is 19.0. The lowest BCUT2D eigenvalue weighted by Crippen LogP contribution is -2.53. The van der Waals surface area contributed by atoms with Crippen molar-refractivity contribution in [3.63, 3.8) is 0 Å². The molecule has 7 heteroatoms. The maximum absolute atomic E-state index is 12.6. The number of carbonyl (C=O) groups excluding carboxylic acids is 2. The average molecular weight is 389 g/mol. The Kier molecular flexibility index (Phi) is 6.19. The van der Waals surface area contributed by atoms with Crippen molar-refractivity contribution >= 4 is 23.6 Å². The summed E-state index contributed by atoms with van der Waals surface area (Å²) in [6.07, 6.45) is -1.02. The molecule has 2 amide bonds. The molecule has 27 heavy (non-hydrogen) atoms. The first-order valence-electron chi connectivity index (χ1n) is 8.76. The third-order valence-corrected chi connectivity index (χ3v) is 4.52. The second-order valence-electron chi connectivity index (χ2n) is 6.21. The van der Waals surface area contributed by atoms with Crippen LogP contribution in [0.25, 0.3) is 0 Å². The molecule has 0 N–H and O–H groups in total. The van der Waals surface area contributed by atoms with Crippen LogP contribution in [0, 0.1) is 0 Å². The minimum Gasteiger partial charge on any atom is -0.481 e. The van der Waals surface area contributed by atoms with Gasteiger partial charge in [-0.1, -0.05) is 29.8 Å². The first-order chi connectivity index (χ1) is 13.0. The Morgan fingerprint density at radius 2 is 1.48 bits per heavy atom. The Balaban J connectivity index is 1.48. The van der Waals surface area contributed by atoms with E-state index in [1.165, 1.54) is 0 Å². The van der Waals surface area contributed by atoms with Gasteiger partial charge in [-0.15, -0.1) is 0 Å². The minimum atomic E-state index is -0.617. The highest BCUT2D eigenvalue weighted by atomic mass is 35.5. The molecule has 1 atom stereocenters. The van der Waals surface area contributed by atoms with Gasteiger partial charge in [0.2, 0.25) is 0 Å². The Labute approximate surface area is 163 Å². The van der Waals surface area contributed by atoms with Crippen molar-refractivity contribution in [1.82, 2.24) is 9.80 Å². The molecule has 2 aromatic carbocycles. The Bertz CT molecular complexity index is 774. The molecule has 1 saturated heterocycles. The van der Waals surface area contributed by atoms with E-state index in [1.807, 2.05) is 6.07 Å². The molecule has 142 valence electrons. The highest BCUT2D eigenvalue weighted by molar-refractivity contribution is 6.30. The van der Waals surface area contributed by atoms with Crippen LogP contribution in [0.2, 0.25) is 5.02 Å². The smallest absolute Gasteiger partial charge is 0.415 e. The number of nitrogens with zero attached hydrogens (tertiary/aromatic N) is 2. The number of halogens is 1. The van der Waals surface area contributed by atoms with Crippen molar-refractivity contribution in [2.45, 2.75) is 13.0 Å². The highest BCUT2D eigenvalue weighted by Crippen LogP contribution is 2.18. The van der Waals surface area contributed by atoms with E-state index >= 15 is 0 Å². The summed E-state index contributed by atoms with van der Waals surface area (Å²) < 4.78 is 11.0. The van der Waals surface area contributed by atoms with Crippen LogP contribution in [0.3, 0.4) is 0 Å².